The highest BCUT2D eigenvalue weighted by Crippen LogP contribution is 2.32. The Labute approximate surface area is 87.7 Å². The lowest BCUT2D eigenvalue weighted by molar-refractivity contribution is 0.0481. The van der Waals surface area contributed by atoms with Gasteiger partial charge in [0.2, 0.25) is 0 Å². The van der Waals surface area contributed by atoms with Gasteiger partial charge in [-0.25, -0.2) is 8.78 Å². The van der Waals surface area contributed by atoms with Crippen LogP contribution >= 0.6 is 0 Å². The van der Waals surface area contributed by atoms with Crippen LogP contribution in [0.15, 0.2) is 18.2 Å². The Balaban J connectivity index is 2.13. The van der Waals surface area contributed by atoms with E-state index in [4.69, 9.17) is 0 Å². The number of aliphatic hydroxyl groups is 1. The molecule has 1 N–H and O–H groups in total. The molecule has 1 aliphatic carbocycles. The number of halogens is 2. The van der Waals surface area contributed by atoms with Crippen LogP contribution in [-0.2, 0) is 6.42 Å². The second-order valence-corrected chi connectivity index (χ2v) is 4.36. The van der Waals surface area contributed by atoms with E-state index < -0.39 is 17.2 Å². The van der Waals surface area contributed by atoms with E-state index in [1.54, 1.807) is 0 Å². The van der Waals surface area contributed by atoms with E-state index in [-0.39, 0.29) is 0 Å². The summed E-state index contributed by atoms with van der Waals surface area (Å²) in [6.07, 6.45) is 3.96. The highest BCUT2D eigenvalue weighted by Gasteiger charge is 2.31. The second-order valence-electron chi connectivity index (χ2n) is 4.36. The van der Waals surface area contributed by atoms with Crippen molar-refractivity contribution in [1.82, 2.24) is 0 Å². The van der Waals surface area contributed by atoms with Gasteiger partial charge in [0, 0.05) is 6.42 Å². The van der Waals surface area contributed by atoms with E-state index in [0.717, 1.165) is 31.7 Å². The van der Waals surface area contributed by atoms with Crippen molar-refractivity contribution in [2.45, 2.75) is 37.7 Å². The summed E-state index contributed by atoms with van der Waals surface area (Å²) >= 11 is 0. The summed E-state index contributed by atoms with van der Waals surface area (Å²) in [5.41, 5.74) is -0.0390. The summed E-state index contributed by atoms with van der Waals surface area (Å²) in [5.74, 6) is -1.67. The van der Waals surface area contributed by atoms with E-state index in [1.165, 1.54) is 12.1 Å². The lowest BCUT2D eigenvalue weighted by atomic mass is 9.93. The molecule has 1 aromatic carbocycles. The number of benzene rings is 1. The summed E-state index contributed by atoms with van der Waals surface area (Å²) in [6.45, 7) is 0. The first-order valence-corrected chi connectivity index (χ1v) is 5.25. The zero-order chi connectivity index (χ0) is 10.9. The standard InChI is InChI=1S/C12H14F2O/c13-10-4-3-9(7-11(10)14)8-12(15)5-1-2-6-12/h3-4,7,15H,1-2,5-6,8H2. The van der Waals surface area contributed by atoms with E-state index in [0.29, 0.717) is 12.0 Å². The third-order valence-corrected chi connectivity index (χ3v) is 3.05. The van der Waals surface area contributed by atoms with Gasteiger partial charge in [0.15, 0.2) is 11.6 Å². The van der Waals surface area contributed by atoms with Gasteiger partial charge in [0.05, 0.1) is 5.60 Å². The molecule has 0 heterocycles. The van der Waals surface area contributed by atoms with Gasteiger partial charge in [0.25, 0.3) is 0 Å². The van der Waals surface area contributed by atoms with Gasteiger partial charge in [-0.1, -0.05) is 18.9 Å². The predicted octanol–water partition coefficient (Wildman–Crippen LogP) is 2.81. The fourth-order valence-corrected chi connectivity index (χ4v) is 2.24. The fourth-order valence-electron chi connectivity index (χ4n) is 2.24. The Morgan fingerprint density at radius 1 is 1.13 bits per heavy atom. The normalized spacial score (nSPS) is 19.4. The lowest BCUT2D eigenvalue weighted by Crippen LogP contribution is -2.27. The molecular formula is C12H14F2O. The fraction of sp³-hybridized carbons (Fsp3) is 0.500. The van der Waals surface area contributed by atoms with Crippen molar-refractivity contribution in [3.63, 3.8) is 0 Å². The molecule has 0 bridgehead atoms. The molecule has 1 aromatic rings. The van der Waals surface area contributed by atoms with Crippen molar-refractivity contribution in [3.05, 3.63) is 35.4 Å². The summed E-state index contributed by atoms with van der Waals surface area (Å²) < 4.78 is 25.6. The summed E-state index contributed by atoms with van der Waals surface area (Å²) in [5, 5.41) is 10.1. The van der Waals surface area contributed by atoms with E-state index in [2.05, 4.69) is 0 Å². The van der Waals surface area contributed by atoms with Gasteiger partial charge in [-0.05, 0) is 30.5 Å². The van der Waals surface area contributed by atoms with Crippen molar-refractivity contribution in [3.8, 4) is 0 Å². The van der Waals surface area contributed by atoms with Crippen LogP contribution in [0.5, 0.6) is 0 Å². The van der Waals surface area contributed by atoms with Crippen LogP contribution in [0, 0.1) is 11.6 Å². The molecule has 0 aliphatic heterocycles. The highest BCUT2D eigenvalue weighted by molar-refractivity contribution is 5.20. The summed E-state index contributed by atoms with van der Waals surface area (Å²) in [7, 11) is 0. The first-order chi connectivity index (χ1) is 7.09. The second kappa shape index (κ2) is 3.89. The zero-order valence-electron chi connectivity index (χ0n) is 8.47. The third-order valence-electron chi connectivity index (χ3n) is 3.05. The van der Waals surface area contributed by atoms with Crippen LogP contribution in [0.3, 0.4) is 0 Å². The maximum Gasteiger partial charge on any atom is 0.159 e. The van der Waals surface area contributed by atoms with Crippen LogP contribution in [-0.4, -0.2) is 10.7 Å². The molecule has 82 valence electrons. The summed E-state index contributed by atoms with van der Waals surface area (Å²) in [6, 6.07) is 3.82. The van der Waals surface area contributed by atoms with Crippen LogP contribution in [0.2, 0.25) is 0 Å². The highest BCUT2D eigenvalue weighted by atomic mass is 19.2. The number of hydrogen-bond acceptors (Lipinski definition) is 1. The maximum atomic E-state index is 12.9. The SMILES string of the molecule is OC1(Cc2ccc(F)c(F)c2)CCCC1. The Morgan fingerprint density at radius 2 is 1.80 bits per heavy atom. The van der Waals surface area contributed by atoms with Gasteiger partial charge in [-0.2, -0.15) is 0 Å². The van der Waals surface area contributed by atoms with Gasteiger partial charge < -0.3 is 5.11 Å². The van der Waals surface area contributed by atoms with E-state index in [9.17, 15) is 13.9 Å². The van der Waals surface area contributed by atoms with Crippen molar-refractivity contribution in [2.24, 2.45) is 0 Å². The molecule has 2 rings (SSSR count). The minimum absolute atomic E-state index is 0.421. The quantitative estimate of drug-likeness (QED) is 0.799. The molecule has 1 saturated carbocycles. The van der Waals surface area contributed by atoms with Crippen molar-refractivity contribution >= 4 is 0 Å². The number of hydrogen-bond donors (Lipinski definition) is 1. The molecule has 1 fully saturated rings. The van der Waals surface area contributed by atoms with Crippen LogP contribution < -0.4 is 0 Å². The molecule has 1 nitrogen and oxygen atoms in total. The molecule has 0 unspecified atom stereocenters. The molecule has 0 spiro atoms. The lowest BCUT2D eigenvalue weighted by Gasteiger charge is -2.21. The molecule has 0 aromatic heterocycles. The molecular weight excluding hydrogens is 198 g/mol. The predicted molar refractivity (Wildman–Crippen MR) is 53.5 cm³/mol. The largest absolute Gasteiger partial charge is 0.390 e. The molecule has 0 saturated heterocycles. The number of rotatable bonds is 2. The molecule has 0 amide bonds. The van der Waals surface area contributed by atoms with Crippen LogP contribution in [0.1, 0.15) is 31.2 Å². The smallest absolute Gasteiger partial charge is 0.159 e. The molecule has 0 radical (unpaired) electrons. The van der Waals surface area contributed by atoms with Crippen LogP contribution in [0.4, 0.5) is 8.78 Å². The average molecular weight is 212 g/mol. The molecule has 1 aliphatic rings. The minimum Gasteiger partial charge on any atom is -0.390 e. The first-order valence-electron chi connectivity index (χ1n) is 5.25. The molecule has 0 atom stereocenters. The van der Waals surface area contributed by atoms with Crippen molar-refractivity contribution in [1.29, 1.82) is 0 Å². The van der Waals surface area contributed by atoms with Crippen LogP contribution in [0.25, 0.3) is 0 Å². The third kappa shape index (κ3) is 2.34. The topological polar surface area (TPSA) is 20.2 Å². The minimum atomic E-state index is -0.839. The molecule has 3 heteroatoms. The monoisotopic (exact) mass is 212 g/mol. The Kier molecular flexibility index (Phi) is 2.74. The first kappa shape index (κ1) is 10.6. The Hall–Kier alpha value is -0.960. The maximum absolute atomic E-state index is 12.9. The van der Waals surface area contributed by atoms with Gasteiger partial charge in [-0.3, -0.25) is 0 Å². The van der Waals surface area contributed by atoms with E-state index >= 15 is 0 Å². The van der Waals surface area contributed by atoms with Crippen molar-refractivity contribution < 1.29 is 13.9 Å². The van der Waals surface area contributed by atoms with Gasteiger partial charge >= 0.3 is 0 Å². The Morgan fingerprint density at radius 3 is 2.40 bits per heavy atom. The van der Waals surface area contributed by atoms with Crippen molar-refractivity contribution in [2.75, 3.05) is 0 Å². The summed E-state index contributed by atoms with van der Waals surface area (Å²) in [4.78, 5) is 0. The van der Waals surface area contributed by atoms with Gasteiger partial charge in [-0.15, -0.1) is 0 Å². The zero-order valence-corrected chi connectivity index (χ0v) is 8.47. The molecule has 15 heavy (non-hydrogen) atoms. The van der Waals surface area contributed by atoms with Gasteiger partial charge in [0.1, 0.15) is 0 Å². The Bertz CT molecular complexity index is 357. The average Bonchev–Trinajstić information content (AvgIpc) is 2.59. The van der Waals surface area contributed by atoms with E-state index in [1.807, 2.05) is 0 Å².